The quantitative estimate of drug-likeness (QED) is 0.908. The van der Waals surface area contributed by atoms with E-state index < -0.39 is 0 Å². The number of hydrogen-bond donors (Lipinski definition) is 1. The summed E-state index contributed by atoms with van der Waals surface area (Å²) in [5.41, 5.74) is 2.61. The van der Waals surface area contributed by atoms with Crippen molar-refractivity contribution in [3.8, 4) is 0 Å². The summed E-state index contributed by atoms with van der Waals surface area (Å²) in [6, 6.07) is 0.570. The third-order valence-electron chi connectivity index (χ3n) is 4.98. The maximum Gasteiger partial charge on any atom is 0.138 e. The van der Waals surface area contributed by atoms with Gasteiger partial charge in [0.05, 0.1) is 5.69 Å². The van der Waals surface area contributed by atoms with Gasteiger partial charge in [-0.25, -0.2) is 0 Å². The van der Waals surface area contributed by atoms with Crippen LogP contribution in [0.3, 0.4) is 0 Å². The minimum atomic E-state index is 0.297. The summed E-state index contributed by atoms with van der Waals surface area (Å²) in [7, 11) is 0. The molecule has 2 heterocycles. The topological polar surface area (TPSA) is 41.3 Å². The second kappa shape index (κ2) is 4.60. The van der Waals surface area contributed by atoms with Gasteiger partial charge in [-0.2, -0.15) is 0 Å². The summed E-state index contributed by atoms with van der Waals surface area (Å²) in [4.78, 5) is 2.58. The van der Waals surface area contributed by atoms with E-state index in [2.05, 4.69) is 29.2 Å². The van der Waals surface area contributed by atoms with Crippen molar-refractivity contribution < 1.29 is 4.52 Å². The summed E-state index contributed by atoms with van der Waals surface area (Å²) in [6.07, 6.45) is 2.77. The first kappa shape index (κ1) is 13.1. The highest BCUT2D eigenvalue weighted by Crippen LogP contribution is 2.41. The van der Waals surface area contributed by atoms with Crippen LogP contribution in [0.1, 0.15) is 43.7 Å². The second-order valence-corrected chi connectivity index (χ2v) is 6.63. The number of nitrogens with one attached hydrogen (secondary N) is 1. The van der Waals surface area contributed by atoms with E-state index in [1.54, 1.807) is 0 Å². The van der Waals surface area contributed by atoms with Crippen molar-refractivity contribution in [2.75, 3.05) is 13.1 Å². The molecule has 106 valence electrons. The number of hydrogen-bond acceptors (Lipinski definition) is 4. The molecule has 1 saturated carbocycles. The van der Waals surface area contributed by atoms with E-state index in [0.29, 0.717) is 11.6 Å². The Morgan fingerprint density at radius 3 is 2.74 bits per heavy atom. The van der Waals surface area contributed by atoms with Crippen LogP contribution in [0, 0.1) is 19.8 Å². The minimum Gasteiger partial charge on any atom is -0.361 e. The Bertz CT molecular complexity index is 446. The number of aryl methyl sites for hydroxylation is 2. The first-order chi connectivity index (χ1) is 8.99. The highest BCUT2D eigenvalue weighted by molar-refractivity contribution is 5.21. The predicted octanol–water partition coefficient (Wildman–Crippen LogP) is 2.25. The fourth-order valence-corrected chi connectivity index (χ4v) is 3.28. The molecule has 4 heteroatoms. The molecule has 0 spiro atoms. The lowest BCUT2D eigenvalue weighted by molar-refractivity contribution is 0.0765. The molecule has 19 heavy (non-hydrogen) atoms. The molecule has 2 aliphatic rings. The first-order valence-corrected chi connectivity index (χ1v) is 7.40. The van der Waals surface area contributed by atoms with Gasteiger partial charge in [-0.3, -0.25) is 4.90 Å². The summed E-state index contributed by atoms with van der Waals surface area (Å²) >= 11 is 0. The normalized spacial score (nSPS) is 32.7. The van der Waals surface area contributed by atoms with Gasteiger partial charge in [-0.1, -0.05) is 5.16 Å². The van der Waals surface area contributed by atoms with E-state index >= 15 is 0 Å². The van der Waals surface area contributed by atoms with Crippen LogP contribution in [-0.2, 0) is 6.54 Å². The molecule has 1 saturated heterocycles. The Morgan fingerprint density at radius 1 is 1.42 bits per heavy atom. The molecule has 1 aliphatic heterocycles. The van der Waals surface area contributed by atoms with Crippen molar-refractivity contribution in [1.82, 2.24) is 15.4 Å². The van der Waals surface area contributed by atoms with Crippen LogP contribution in [0.2, 0.25) is 0 Å². The van der Waals surface area contributed by atoms with Gasteiger partial charge in [0.25, 0.3) is 0 Å². The average Bonchev–Trinajstić information content (AvgIpc) is 3.17. The number of nitrogens with zero attached hydrogens (tertiary/aromatic N) is 2. The van der Waals surface area contributed by atoms with Crippen molar-refractivity contribution in [2.45, 2.75) is 58.7 Å². The Hall–Kier alpha value is -0.870. The summed E-state index contributed by atoms with van der Waals surface area (Å²) in [5.74, 6) is 1.84. The van der Waals surface area contributed by atoms with Gasteiger partial charge >= 0.3 is 0 Å². The number of rotatable bonds is 3. The van der Waals surface area contributed by atoms with Crippen molar-refractivity contribution >= 4 is 0 Å². The highest BCUT2D eigenvalue weighted by atomic mass is 16.5. The van der Waals surface area contributed by atoms with Crippen LogP contribution in [0.5, 0.6) is 0 Å². The third kappa shape index (κ3) is 2.43. The van der Waals surface area contributed by atoms with Gasteiger partial charge < -0.3 is 9.84 Å². The maximum atomic E-state index is 5.29. The van der Waals surface area contributed by atoms with Crippen LogP contribution in [-0.4, -0.2) is 34.7 Å². The lowest BCUT2D eigenvalue weighted by Gasteiger charge is -2.45. The summed E-state index contributed by atoms with van der Waals surface area (Å²) in [6.45, 7) is 11.9. The molecule has 2 unspecified atom stereocenters. The molecular weight excluding hydrogens is 238 g/mol. The monoisotopic (exact) mass is 263 g/mol. The van der Waals surface area contributed by atoms with E-state index in [9.17, 15) is 0 Å². The van der Waals surface area contributed by atoms with Gasteiger partial charge in [-0.15, -0.1) is 0 Å². The maximum absolute atomic E-state index is 5.29. The molecule has 1 aromatic heterocycles. The van der Waals surface area contributed by atoms with E-state index in [0.717, 1.165) is 37.0 Å². The minimum absolute atomic E-state index is 0.297. The largest absolute Gasteiger partial charge is 0.361 e. The standard InChI is InChI=1S/C15H25N3O/c1-10-7-16-15(4,13-5-6-13)9-18(10)8-14-11(2)17-19-12(14)3/h10,13,16H,5-9H2,1-4H3. The fourth-order valence-electron chi connectivity index (χ4n) is 3.28. The highest BCUT2D eigenvalue weighted by Gasteiger charge is 2.45. The molecule has 1 aliphatic carbocycles. The van der Waals surface area contributed by atoms with Gasteiger partial charge in [0, 0.05) is 36.8 Å². The van der Waals surface area contributed by atoms with Crippen molar-refractivity contribution in [3.05, 3.63) is 17.0 Å². The average molecular weight is 263 g/mol. The smallest absolute Gasteiger partial charge is 0.138 e. The van der Waals surface area contributed by atoms with Gasteiger partial charge in [-0.05, 0) is 46.5 Å². The zero-order chi connectivity index (χ0) is 13.6. The molecule has 2 fully saturated rings. The van der Waals surface area contributed by atoms with E-state index in [-0.39, 0.29) is 0 Å². The molecule has 0 radical (unpaired) electrons. The number of piperazine rings is 1. The van der Waals surface area contributed by atoms with Crippen molar-refractivity contribution in [3.63, 3.8) is 0 Å². The molecule has 2 atom stereocenters. The number of aromatic nitrogens is 1. The molecule has 3 rings (SSSR count). The Morgan fingerprint density at radius 2 is 2.16 bits per heavy atom. The lowest BCUT2D eigenvalue weighted by Crippen LogP contribution is -2.62. The van der Waals surface area contributed by atoms with Crippen LogP contribution >= 0.6 is 0 Å². The van der Waals surface area contributed by atoms with Crippen LogP contribution in [0.4, 0.5) is 0 Å². The SMILES string of the molecule is Cc1noc(C)c1CN1CC(C)(C2CC2)NCC1C. The van der Waals surface area contributed by atoms with E-state index in [4.69, 9.17) is 4.52 Å². The predicted molar refractivity (Wildman–Crippen MR) is 75.0 cm³/mol. The molecule has 1 N–H and O–H groups in total. The zero-order valence-corrected chi connectivity index (χ0v) is 12.5. The summed E-state index contributed by atoms with van der Waals surface area (Å²) in [5, 5.41) is 7.84. The Balaban J connectivity index is 1.75. The first-order valence-electron chi connectivity index (χ1n) is 7.40. The summed E-state index contributed by atoms with van der Waals surface area (Å²) < 4.78 is 5.29. The van der Waals surface area contributed by atoms with Crippen molar-refractivity contribution in [1.29, 1.82) is 0 Å². The zero-order valence-electron chi connectivity index (χ0n) is 12.5. The van der Waals surface area contributed by atoms with E-state index in [1.807, 2.05) is 13.8 Å². The van der Waals surface area contributed by atoms with Gasteiger partial charge in [0.15, 0.2) is 0 Å². The molecule has 1 aromatic rings. The van der Waals surface area contributed by atoms with Crippen LogP contribution < -0.4 is 5.32 Å². The molecule has 4 nitrogen and oxygen atoms in total. The fraction of sp³-hybridized carbons (Fsp3) is 0.800. The van der Waals surface area contributed by atoms with Crippen LogP contribution in [0.25, 0.3) is 0 Å². The van der Waals surface area contributed by atoms with Gasteiger partial charge in [0.2, 0.25) is 0 Å². The Labute approximate surface area is 115 Å². The van der Waals surface area contributed by atoms with Crippen LogP contribution in [0.15, 0.2) is 4.52 Å². The third-order valence-corrected chi connectivity index (χ3v) is 4.98. The van der Waals surface area contributed by atoms with Crippen molar-refractivity contribution in [2.24, 2.45) is 5.92 Å². The van der Waals surface area contributed by atoms with E-state index in [1.165, 1.54) is 18.4 Å². The Kier molecular flexibility index (Phi) is 3.18. The molecular formula is C15H25N3O. The second-order valence-electron chi connectivity index (χ2n) is 6.63. The molecule has 0 bridgehead atoms. The van der Waals surface area contributed by atoms with Gasteiger partial charge in [0.1, 0.15) is 5.76 Å². The molecule has 0 aromatic carbocycles. The lowest BCUT2D eigenvalue weighted by atomic mass is 9.91. The molecule has 0 amide bonds.